The molecule has 0 spiro atoms. The molecule has 0 aromatic heterocycles. The van der Waals surface area contributed by atoms with Gasteiger partial charge < -0.3 is 14.7 Å². The second-order valence-corrected chi connectivity index (χ2v) is 9.78. The molecule has 0 amide bonds. The maximum atomic E-state index is 11.8. The molecule has 1 aliphatic heterocycles. The Kier molecular flexibility index (Phi) is 6.49. The SMILES string of the molecule is CCc1c(O)c2c(c(OC)c1CC)C(c1ccc(C)cc1)N(Cc1ccc(C)cc1)c1ccccc1-2. The fourth-order valence-corrected chi connectivity index (χ4v) is 5.75. The summed E-state index contributed by atoms with van der Waals surface area (Å²) >= 11 is 0. The van der Waals surface area contributed by atoms with E-state index < -0.39 is 0 Å². The largest absolute Gasteiger partial charge is 0.507 e. The minimum absolute atomic E-state index is 0.103. The smallest absolute Gasteiger partial charge is 0.128 e. The summed E-state index contributed by atoms with van der Waals surface area (Å²) in [4.78, 5) is 2.47. The van der Waals surface area contributed by atoms with E-state index in [1.165, 1.54) is 22.3 Å². The lowest BCUT2D eigenvalue weighted by Gasteiger charge is -2.42. The molecule has 0 radical (unpaired) electrons. The predicted molar refractivity (Wildman–Crippen MR) is 149 cm³/mol. The van der Waals surface area contributed by atoms with E-state index in [4.69, 9.17) is 4.74 Å². The van der Waals surface area contributed by atoms with Gasteiger partial charge in [-0.05, 0) is 43.9 Å². The van der Waals surface area contributed by atoms with Crippen molar-refractivity contribution in [2.75, 3.05) is 12.0 Å². The number of methoxy groups -OCH3 is 1. The third-order valence-corrected chi connectivity index (χ3v) is 7.52. The standard InChI is InChI=1S/C33H35NO2/c1-6-25-26(7-2)33(36-5)30-29(32(25)35)27-10-8-9-11-28(27)34(20-23-16-12-21(3)13-17-23)31(30)24-18-14-22(4)15-19-24/h8-19,31,35H,6-7,20H2,1-5H3. The molecular formula is C33H35NO2. The number of aryl methyl sites for hydroxylation is 2. The van der Waals surface area contributed by atoms with Gasteiger partial charge in [0.1, 0.15) is 11.5 Å². The van der Waals surface area contributed by atoms with E-state index in [1.54, 1.807) is 7.11 Å². The normalized spacial score (nSPS) is 14.4. The number of aromatic hydroxyl groups is 1. The number of para-hydroxylation sites is 1. The van der Waals surface area contributed by atoms with Crippen LogP contribution in [0.15, 0.2) is 72.8 Å². The first-order valence-electron chi connectivity index (χ1n) is 12.9. The average molecular weight is 478 g/mol. The van der Waals surface area contributed by atoms with Gasteiger partial charge in [0, 0.05) is 40.0 Å². The Morgan fingerprint density at radius 1 is 0.806 bits per heavy atom. The molecule has 4 aromatic carbocycles. The number of benzene rings is 4. The van der Waals surface area contributed by atoms with Crippen LogP contribution in [0.5, 0.6) is 11.5 Å². The highest BCUT2D eigenvalue weighted by Crippen LogP contribution is 2.56. The van der Waals surface area contributed by atoms with E-state index in [0.29, 0.717) is 5.75 Å². The monoisotopic (exact) mass is 477 g/mol. The van der Waals surface area contributed by atoms with Gasteiger partial charge in [0.2, 0.25) is 0 Å². The second-order valence-electron chi connectivity index (χ2n) is 9.78. The molecule has 0 saturated carbocycles. The minimum Gasteiger partial charge on any atom is -0.507 e. The lowest BCUT2D eigenvalue weighted by molar-refractivity contribution is 0.397. The van der Waals surface area contributed by atoms with E-state index in [1.807, 2.05) is 0 Å². The van der Waals surface area contributed by atoms with E-state index in [9.17, 15) is 5.11 Å². The van der Waals surface area contributed by atoms with Crippen LogP contribution in [0.25, 0.3) is 11.1 Å². The molecule has 0 saturated heterocycles. The van der Waals surface area contributed by atoms with E-state index in [2.05, 4.69) is 105 Å². The van der Waals surface area contributed by atoms with Crippen LogP contribution < -0.4 is 9.64 Å². The molecule has 1 atom stereocenters. The lowest BCUT2D eigenvalue weighted by Crippen LogP contribution is -2.33. The lowest BCUT2D eigenvalue weighted by atomic mass is 9.79. The second kappa shape index (κ2) is 9.73. The quantitative estimate of drug-likeness (QED) is 0.306. The summed E-state index contributed by atoms with van der Waals surface area (Å²) < 4.78 is 6.20. The molecule has 0 aliphatic carbocycles. The first-order valence-corrected chi connectivity index (χ1v) is 12.9. The molecule has 1 N–H and O–H groups in total. The molecule has 0 fully saturated rings. The molecule has 3 nitrogen and oxygen atoms in total. The van der Waals surface area contributed by atoms with Crippen molar-refractivity contribution in [3.8, 4) is 22.6 Å². The summed E-state index contributed by atoms with van der Waals surface area (Å²) in [7, 11) is 1.77. The highest BCUT2D eigenvalue weighted by atomic mass is 16.5. The third-order valence-electron chi connectivity index (χ3n) is 7.52. The van der Waals surface area contributed by atoms with Crippen LogP contribution >= 0.6 is 0 Å². The van der Waals surface area contributed by atoms with Gasteiger partial charge in [-0.15, -0.1) is 0 Å². The van der Waals surface area contributed by atoms with Crippen molar-refractivity contribution in [3.05, 3.63) is 112 Å². The van der Waals surface area contributed by atoms with Crippen molar-refractivity contribution in [1.29, 1.82) is 0 Å². The summed E-state index contributed by atoms with van der Waals surface area (Å²) in [6.07, 6.45) is 1.55. The zero-order valence-corrected chi connectivity index (χ0v) is 21.9. The van der Waals surface area contributed by atoms with Gasteiger partial charge in [-0.3, -0.25) is 0 Å². The number of ether oxygens (including phenoxy) is 1. The van der Waals surface area contributed by atoms with Gasteiger partial charge in [-0.2, -0.15) is 0 Å². The van der Waals surface area contributed by atoms with Crippen molar-refractivity contribution < 1.29 is 9.84 Å². The van der Waals surface area contributed by atoms with Crippen LogP contribution in [0.2, 0.25) is 0 Å². The maximum Gasteiger partial charge on any atom is 0.128 e. The number of nitrogens with zero attached hydrogens (tertiary/aromatic N) is 1. The average Bonchev–Trinajstić information content (AvgIpc) is 2.90. The van der Waals surface area contributed by atoms with Crippen molar-refractivity contribution in [1.82, 2.24) is 0 Å². The third kappa shape index (κ3) is 3.93. The first kappa shape index (κ1) is 24.0. The minimum atomic E-state index is -0.103. The predicted octanol–water partition coefficient (Wildman–Crippen LogP) is 7.92. The first-order chi connectivity index (χ1) is 17.5. The highest BCUT2D eigenvalue weighted by Gasteiger charge is 2.38. The van der Waals surface area contributed by atoms with E-state index in [0.717, 1.165) is 58.6 Å². The molecule has 184 valence electrons. The van der Waals surface area contributed by atoms with Crippen LogP contribution in [0, 0.1) is 13.8 Å². The summed E-state index contributed by atoms with van der Waals surface area (Å²) in [5.74, 6) is 1.29. The van der Waals surface area contributed by atoms with Gasteiger partial charge in [-0.1, -0.05) is 91.7 Å². The molecule has 1 aliphatic rings. The maximum absolute atomic E-state index is 11.8. The molecule has 5 rings (SSSR count). The number of anilines is 1. The van der Waals surface area contributed by atoms with Crippen molar-refractivity contribution >= 4 is 5.69 Å². The molecule has 1 heterocycles. The highest BCUT2D eigenvalue weighted by molar-refractivity contribution is 5.92. The Balaban J connectivity index is 1.85. The molecular weight excluding hydrogens is 442 g/mol. The zero-order chi connectivity index (χ0) is 25.4. The number of rotatable bonds is 6. The van der Waals surface area contributed by atoms with Gasteiger partial charge in [-0.25, -0.2) is 0 Å². The summed E-state index contributed by atoms with van der Waals surface area (Å²) in [5.41, 5.74) is 11.1. The summed E-state index contributed by atoms with van der Waals surface area (Å²) in [6, 6.07) is 25.9. The Bertz CT molecular complexity index is 1390. The molecule has 1 unspecified atom stereocenters. The van der Waals surface area contributed by atoms with Crippen LogP contribution in [-0.2, 0) is 19.4 Å². The zero-order valence-electron chi connectivity index (χ0n) is 21.9. The summed E-state index contributed by atoms with van der Waals surface area (Å²) in [5, 5.41) is 11.8. The number of phenols is 1. The topological polar surface area (TPSA) is 32.7 Å². The van der Waals surface area contributed by atoms with E-state index in [-0.39, 0.29) is 6.04 Å². The Morgan fingerprint density at radius 2 is 1.42 bits per heavy atom. The Labute approximate surface area is 215 Å². The Morgan fingerprint density at radius 3 is 2.03 bits per heavy atom. The van der Waals surface area contributed by atoms with E-state index >= 15 is 0 Å². The van der Waals surface area contributed by atoms with Crippen molar-refractivity contribution in [3.63, 3.8) is 0 Å². The molecule has 36 heavy (non-hydrogen) atoms. The van der Waals surface area contributed by atoms with Crippen molar-refractivity contribution in [2.24, 2.45) is 0 Å². The summed E-state index contributed by atoms with van der Waals surface area (Å²) in [6.45, 7) is 9.24. The van der Waals surface area contributed by atoms with Crippen molar-refractivity contribution in [2.45, 2.75) is 53.1 Å². The Hall–Kier alpha value is -3.72. The van der Waals surface area contributed by atoms with Gasteiger partial charge in [0.25, 0.3) is 0 Å². The van der Waals surface area contributed by atoms with Gasteiger partial charge in [0.05, 0.1) is 13.2 Å². The number of hydrogen-bond acceptors (Lipinski definition) is 3. The number of phenolic OH excluding ortho intramolecular Hbond substituents is 1. The molecule has 0 bridgehead atoms. The van der Waals surface area contributed by atoms with Gasteiger partial charge >= 0.3 is 0 Å². The van der Waals surface area contributed by atoms with Gasteiger partial charge in [0.15, 0.2) is 0 Å². The van der Waals surface area contributed by atoms with Crippen LogP contribution in [0.4, 0.5) is 5.69 Å². The fraction of sp³-hybridized carbons (Fsp3) is 0.273. The van der Waals surface area contributed by atoms with Crippen LogP contribution in [0.3, 0.4) is 0 Å². The molecule has 4 aromatic rings. The number of hydrogen-bond donors (Lipinski definition) is 1. The van der Waals surface area contributed by atoms with Crippen LogP contribution in [-0.4, -0.2) is 12.2 Å². The molecule has 3 heteroatoms. The van der Waals surface area contributed by atoms with Crippen LogP contribution in [0.1, 0.15) is 58.8 Å². The number of fused-ring (bicyclic) bond motifs is 3. The fourth-order valence-electron chi connectivity index (χ4n) is 5.75.